The third-order valence-electron chi connectivity index (χ3n) is 10.5. The van der Waals surface area contributed by atoms with Crippen molar-refractivity contribution in [3.8, 4) is 12.1 Å². The molecule has 2 aliphatic heterocycles. The Morgan fingerprint density at radius 3 is 2.28 bits per heavy atom. The molecule has 0 spiro atoms. The zero-order valence-electron chi connectivity index (χ0n) is 33.4. The summed E-state index contributed by atoms with van der Waals surface area (Å²) in [5.41, 5.74) is 5.82. The maximum atomic E-state index is 14.1. The molecule has 14 nitrogen and oxygen atoms in total. The predicted octanol–water partition coefficient (Wildman–Crippen LogP) is 8.77. The summed E-state index contributed by atoms with van der Waals surface area (Å²) >= 11 is 0. The summed E-state index contributed by atoms with van der Waals surface area (Å²) in [4.78, 5) is 14.9. The normalized spacial score (nSPS) is 22.9. The molecule has 0 saturated carbocycles. The summed E-state index contributed by atoms with van der Waals surface area (Å²) in [6, 6.07) is 11.5. The molecule has 1 aromatic carbocycles. The molecule has 6 atom stereocenters. The molecule has 2 saturated heterocycles. The molecule has 2 unspecified atom stereocenters. The average molecular weight is 813 g/mol. The van der Waals surface area contributed by atoms with Crippen LogP contribution < -0.4 is 5.73 Å². The van der Waals surface area contributed by atoms with E-state index in [2.05, 4.69) is 23.1 Å². The summed E-state index contributed by atoms with van der Waals surface area (Å²) in [7, 11) is -4.79. The van der Waals surface area contributed by atoms with Gasteiger partial charge in [0.15, 0.2) is 11.6 Å². The quantitative estimate of drug-likeness (QED) is 0.0609. The van der Waals surface area contributed by atoms with Crippen molar-refractivity contribution in [1.29, 1.82) is 10.5 Å². The summed E-state index contributed by atoms with van der Waals surface area (Å²) in [5.74, 6) is -1.42. The number of aromatic nitrogens is 3. The van der Waals surface area contributed by atoms with Crippen LogP contribution in [-0.4, -0.2) is 62.4 Å². The number of phosphoric acid groups is 1. The van der Waals surface area contributed by atoms with E-state index in [0.717, 1.165) is 31.7 Å². The number of hydrogen-bond acceptors (Lipinski definition) is 12. The number of anilines is 1. The maximum absolute atomic E-state index is 14.1. The zero-order chi connectivity index (χ0) is 40.9. The largest absolute Gasteiger partial charge is 0.472 e. The molecule has 5 rings (SSSR count). The van der Waals surface area contributed by atoms with E-state index in [1.165, 1.54) is 87.2 Å². The molecule has 312 valence electrons. The Kier molecular flexibility index (Phi) is 16.4. The fraction of sp³-hybridized carbons (Fsp3) is 0.659. The van der Waals surface area contributed by atoms with Crippen LogP contribution in [0, 0.1) is 28.5 Å². The van der Waals surface area contributed by atoms with Gasteiger partial charge in [0, 0.05) is 0 Å². The topological polar surface area (TPSA) is 196 Å². The molecule has 3 N–H and O–H groups in total. The van der Waals surface area contributed by atoms with Crippen LogP contribution in [0.25, 0.3) is 5.52 Å². The van der Waals surface area contributed by atoms with Gasteiger partial charge < -0.3 is 29.6 Å². The standard InChI is InChI=1S/C41H58FN6O8P/c1-4-5-6-7-8-9-10-11-12-13-14-15-16-17-18-33(51-25-31-21-30(24-43)22-32(42)23-31)26-52-57(49,50)53-28-41(27-44)38-37(54-40(2,3)56-38)36(55-41)34-19-20-35-39(45)46-29-47-48(34)35/h19-23,29,33,36-38H,4-18,25-26,28H2,1-3H3,(H,49,50)(H2,45,46,47)/t33-,36?,37+,38+,41-/m1/s1. The number of nitrogens with two attached hydrogens (primary N) is 1. The lowest BCUT2D eigenvalue weighted by Crippen LogP contribution is -2.45. The smallest absolute Gasteiger partial charge is 0.382 e. The van der Waals surface area contributed by atoms with E-state index in [4.69, 9.17) is 33.7 Å². The molecule has 0 amide bonds. The van der Waals surface area contributed by atoms with Crippen molar-refractivity contribution in [2.24, 2.45) is 0 Å². The summed E-state index contributed by atoms with van der Waals surface area (Å²) in [6.07, 6.45) is 15.4. The fourth-order valence-corrected chi connectivity index (χ4v) is 8.36. The first kappa shape index (κ1) is 44.6. The number of nitrogen functional groups attached to an aromatic ring is 1. The first-order chi connectivity index (χ1) is 27.4. The molecular formula is C41H58FN6O8P. The minimum atomic E-state index is -4.79. The van der Waals surface area contributed by atoms with Gasteiger partial charge in [-0.3, -0.25) is 9.05 Å². The van der Waals surface area contributed by atoms with Crippen LogP contribution in [0.15, 0.2) is 36.7 Å². The molecule has 3 aromatic rings. The van der Waals surface area contributed by atoms with Crippen molar-refractivity contribution in [1.82, 2.24) is 14.6 Å². The van der Waals surface area contributed by atoms with Gasteiger partial charge in [-0.15, -0.1) is 0 Å². The Labute approximate surface area is 335 Å². The Morgan fingerprint density at radius 1 is 0.965 bits per heavy atom. The lowest BCUT2D eigenvalue weighted by molar-refractivity contribution is -0.204. The van der Waals surface area contributed by atoms with E-state index in [0.29, 0.717) is 23.2 Å². The Balaban J connectivity index is 1.15. The van der Waals surface area contributed by atoms with Crippen molar-refractivity contribution in [3.63, 3.8) is 0 Å². The van der Waals surface area contributed by atoms with E-state index in [-0.39, 0.29) is 24.6 Å². The van der Waals surface area contributed by atoms with Crippen LogP contribution in [0.2, 0.25) is 0 Å². The third-order valence-corrected chi connectivity index (χ3v) is 11.5. The summed E-state index contributed by atoms with van der Waals surface area (Å²) < 4.78 is 64.6. The monoisotopic (exact) mass is 812 g/mol. The van der Waals surface area contributed by atoms with Crippen LogP contribution in [0.1, 0.15) is 140 Å². The second-order valence-corrected chi connectivity index (χ2v) is 17.0. The zero-order valence-corrected chi connectivity index (χ0v) is 34.3. The Hall–Kier alpha value is -3.50. The Morgan fingerprint density at radius 2 is 1.63 bits per heavy atom. The molecule has 2 fully saturated rings. The molecule has 4 heterocycles. The minimum absolute atomic E-state index is 0.0381. The molecule has 2 aromatic heterocycles. The highest BCUT2D eigenvalue weighted by Crippen LogP contribution is 2.52. The van der Waals surface area contributed by atoms with Crippen molar-refractivity contribution < 1.29 is 41.8 Å². The van der Waals surface area contributed by atoms with Crippen molar-refractivity contribution >= 4 is 19.2 Å². The number of phosphoric ester groups is 1. The van der Waals surface area contributed by atoms with Crippen molar-refractivity contribution in [3.05, 3.63) is 59.3 Å². The number of rotatable bonds is 25. The predicted molar refractivity (Wildman–Crippen MR) is 210 cm³/mol. The molecule has 57 heavy (non-hydrogen) atoms. The fourth-order valence-electron chi connectivity index (χ4n) is 7.57. The first-order valence-electron chi connectivity index (χ1n) is 20.3. The molecule has 2 aliphatic rings. The van der Waals surface area contributed by atoms with Gasteiger partial charge in [0.2, 0.25) is 5.60 Å². The number of halogens is 1. The number of hydrogen-bond donors (Lipinski definition) is 2. The molecule has 0 radical (unpaired) electrons. The first-order valence-corrected chi connectivity index (χ1v) is 21.8. The number of nitrogens with zero attached hydrogens (tertiary/aromatic N) is 5. The Bertz CT molecular complexity index is 1880. The van der Waals surface area contributed by atoms with Gasteiger partial charge in [0.25, 0.3) is 0 Å². The van der Waals surface area contributed by atoms with Gasteiger partial charge >= 0.3 is 7.82 Å². The van der Waals surface area contributed by atoms with Gasteiger partial charge in [0.05, 0.1) is 36.6 Å². The number of fused-ring (bicyclic) bond motifs is 2. The van der Waals surface area contributed by atoms with E-state index in [1.807, 2.05) is 6.07 Å². The molecule has 0 bridgehead atoms. The van der Waals surface area contributed by atoms with Crippen LogP contribution in [0.5, 0.6) is 0 Å². The SMILES string of the molecule is CCCCCCCCCCCCCCCC[C@H](COP(=O)(O)OC[C@@]1(C#N)OC(c2ccc3c(N)ncnn23)[C@@H]2OC(C)(C)O[C@@H]21)OCc1cc(F)cc(C#N)c1. The highest BCUT2D eigenvalue weighted by atomic mass is 31.2. The second kappa shape index (κ2) is 21.0. The van der Waals surface area contributed by atoms with Crippen LogP contribution in [-0.2, 0) is 39.2 Å². The lowest BCUT2D eigenvalue weighted by atomic mass is 9.96. The van der Waals surface area contributed by atoms with Crippen molar-refractivity contribution in [2.75, 3.05) is 18.9 Å². The number of unbranched alkanes of at least 4 members (excludes halogenated alkanes) is 13. The minimum Gasteiger partial charge on any atom is -0.382 e. The summed E-state index contributed by atoms with van der Waals surface area (Å²) in [5, 5.41) is 24.1. The van der Waals surface area contributed by atoms with E-state index < -0.39 is 56.1 Å². The number of nitriles is 2. The van der Waals surface area contributed by atoms with Crippen LogP contribution >= 0.6 is 7.82 Å². The van der Waals surface area contributed by atoms with E-state index in [9.17, 15) is 24.4 Å². The van der Waals surface area contributed by atoms with Gasteiger partial charge in [0.1, 0.15) is 48.6 Å². The molecule has 16 heteroatoms. The molecular weight excluding hydrogens is 754 g/mol. The van der Waals surface area contributed by atoms with Crippen LogP contribution in [0.3, 0.4) is 0 Å². The van der Waals surface area contributed by atoms with Gasteiger partial charge in [-0.25, -0.2) is 18.5 Å². The highest BCUT2D eigenvalue weighted by Gasteiger charge is 2.65. The number of ether oxygens (including phenoxy) is 4. The lowest BCUT2D eigenvalue weighted by Gasteiger charge is -2.29. The van der Waals surface area contributed by atoms with Gasteiger partial charge in [-0.1, -0.05) is 96.8 Å². The highest BCUT2D eigenvalue weighted by molar-refractivity contribution is 7.47. The van der Waals surface area contributed by atoms with Crippen LogP contribution in [0.4, 0.5) is 10.2 Å². The molecule has 0 aliphatic carbocycles. The van der Waals surface area contributed by atoms with Gasteiger partial charge in [-0.2, -0.15) is 15.6 Å². The third kappa shape index (κ3) is 12.5. The van der Waals surface area contributed by atoms with Crippen molar-refractivity contribution in [2.45, 2.75) is 159 Å². The van der Waals surface area contributed by atoms with E-state index >= 15 is 0 Å². The number of benzene rings is 1. The van der Waals surface area contributed by atoms with Gasteiger partial charge in [-0.05, 0) is 56.2 Å². The van der Waals surface area contributed by atoms with E-state index in [1.54, 1.807) is 26.0 Å². The second-order valence-electron chi connectivity index (χ2n) is 15.6. The summed E-state index contributed by atoms with van der Waals surface area (Å²) in [6.45, 7) is 4.61. The maximum Gasteiger partial charge on any atom is 0.472 e. The average Bonchev–Trinajstić information content (AvgIpc) is 3.85.